The van der Waals surface area contributed by atoms with Crippen LogP contribution < -0.4 is 5.73 Å². The van der Waals surface area contributed by atoms with Crippen molar-refractivity contribution in [3.63, 3.8) is 0 Å². The molecule has 1 aliphatic rings. The number of carbonyl (C=O) groups excluding carboxylic acids is 2. The van der Waals surface area contributed by atoms with Crippen LogP contribution in [0.15, 0.2) is 24.3 Å². The zero-order valence-electron chi connectivity index (χ0n) is 11.9. The number of aryl methyl sites for hydroxylation is 1. The summed E-state index contributed by atoms with van der Waals surface area (Å²) < 4.78 is 0. The molecule has 1 fully saturated rings. The number of aromatic nitrogens is 1. The second-order valence-electron chi connectivity index (χ2n) is 5.13. The Balaban J connectivity index is 1.98. The van der Waals surface area contributed by atoms with Crippen LogP contribution in [0.1, 0.15) is 21.9 Å². The van der Waals surface area contributed by atoms with Crippen molar-refractivity contribution in [2.75, 3.05) is 6.54 Å². The van der Waals surface area contributed by atoms with Crippen LogP contribution in [0.5, 0.6) is 0 Å². The summed E-state index contributed by atoms with van der Waals surface area (Å²) in [7, 11) is 0. The number of rotatable bonds is 3. The highest BCUT2D eigenvalue weighted by Gasteiger charge is 2.38. The van der Waals surface area contributed by atoms with Crippen molar-refractivity contribution in [3.05, 3.63) is 40.0 Å². The lowest BCUT2D eigenvalue weighted by atomic mass is 10.0. The van der Waals surface area contributed by atoms with Gasteiger partial charge in [-0.3, -0.25) is 9.59 Å². The van der Waals surface area contributed by atoms with E-state index in [2.05, 4.69) is 4.98 Å². The molecule has 2 heterocycles. The van der Waals surface area contributed by atoms with Gasteiger partial charge in [-0.1, -0.05) is 23.7 Å². The van der Waals surface area contributed by atoms with Crippen LogP contribution in [0.4, 0.5) is 0 Å². The van der Waals surface area contributed by atoms with Gasteiger partial charge in [0.25, 0.3) is 5.91 Å². The van der Waals surface area contributed by atoms with Crippen LogP contribution in [0.25, 0.3) is 10.4 Å². The van der Waals surface area contributed by atoms with Crippen molar-refractivity contribution in [1.82, 2.24) is 9.88 Å². The second-order valence-corrected chi connectivity index (χ2v) is 6.77. The molecule has 2 amide bonds. The number of halogens is 1. The summed E-state index contributed by atoms with van der Waals surface area (Å²) in [6.45, 7) is 2.37. The first kappa shape index (κ1) is 15.0. The number of hydrogen-bond acceptors (Lipinski definition) is 4. The molecule has 0 radical (unpaired) electrons. The third-order valence-corrected chi connectivity index (χ3v) is 4.89. The van der Waals surface area contributed by atoms with Gasteiger partial charge in [0.1, 0.15) is 11.7 Å². The summed E-state index contributed by atoms with van der Waals surface area (Å²) in [6, 6.07) is 6.77. The lowest BCUT2D eigenvalue weighted by Gasteiger charge is -2.38. The third-order valence-electron chi connectivity index (χ3n) is 3.63. The Bertz CT molecular complexity index is 759. The normalized spacial score (nSPS) is 17.2. The molecule has 2 N–H and O–H groups in total. The Morgan fingerprint density at radius 3 is 2.82 bits per heavy atom. The van der Waals surface area contributed by atoms with Gasteiger partial charge >= 0.3 is 0 Å². The third kappa shape index (κ3) is 2.60. The smallest absolute Gasteiger partial charge is 0.274 e. The van der Waals surface area contributed by atoms with Crippen LogP contribution in [0, 0.1) is 6.92 Å². The number of likely N-dealkylation sites (tertiary alicyclic amines) is 1. The summed E-state index contributed by atoms with van der Waals surface area (Å²) in [6.07, 6.45) is 0.608. The van der Waals surface area contributed by atoms with Gasteiger partial charge in [0.15, 0.2) is 0 Å². The monoisotopic (exact) mass is 335 g/mol. The number of primary amides is 1. The van der Waals surface area contributed by atoms with Gasteiger partial charge in [0.05, 0.1) is 9.88 Å². The van der Waals surface area contributed by atoms with Crippen molar-refractivity contribution >= 4 is 34.8 Å². The Morgan fingerprint density at radius 2 is 2.23 bits per heavy atom. The topological polar surface area (TPSA) is 76.3 Å². The van der Waals surface area contributed by atoms with Gasteiger partial charge in [-0.25, -0.2) is 4.98 Å². The molecule has 0 spiro atoms. The maximum Gasteiger partial charge on any atom is 0.274 e. The molecule has 3 rings (SSSR count). The number of benzene rings is 1. The molecule has 1 unspecified atom stereocenters. The molecule has 1 saturated heterocycles. The van der Waals surface area contributed by atoms with Crippen LogP contribution in [-0.2, 0) is 4.79 Å². The van der Waals surface area contributed by atoms with Crippen LogP contribution in [0.2, 0.25) is 5.02 Å². The van der Waals surface area contributed by atoms with E-state index in [4.69, 9.17) is 17.3 Å². The second kappa shape index (κ2) is 5.70. The van der Waals surface area contributed by atoms with Gasteiger partial charge < -0.3 is 10.6 Å². The minimum absolute atomic E-state index is 0.255. The molecule has 0 aliphatic carbocycles. The molecule has 0 bridgehead atoms. The van der Waals surface area contributed by atoms with Gasteiger partial charge in [-0.05, 0) is 31.0 Å². The summed E-state index contributed by atoms with van der Waals surface area (Å²) in [5.74, 6) is -0.731. The van der Waals surface area contributed by atoms with Crippen molar-refractivity contribution in [2.24, 2.45) is 5.73 Å². The molecular formula is C15H14ClN3O2S. The summed E-state index contributed by atoms with van der Waals surface area (Å²) in [4.78, 5) is 30.6. The quantitative estimate of drug-likeness (QED) is 0.936. The van der Waals surface area contributed by atoms with Crippen molar-refractivity contribution in [3.8, 4) is 10.4 Å². The molecule has 5 nitrogen and oxygen atoms in total. The Morgan fingerprint density at radius 1 is 1.45 bits per heavy atom. The predicted octanol–water partition coefficient (Wildman–Crippen LogP) is 2.47. The minimum Gasteiger partial charge on any atom is -0.368 e. The first-order valence-electron chi connectivity index (χ1n) is 6.81. The average molecular weight is 336 g/mol. The van der Waals surface area contributed by atoms with E-state index in [-0.39, 0.29) is 5.91 Å². The largest absolute Gasteiger partial charge is 0.368 e. The number of carbonyl (C=O) groups is 2. The molecule has 7 heteroatoms. The maximum absolute atomic E-state index is 12.7. The van der Waals surface area contributed by atoms with Crippen molar-refractivity contribution < 1.29 is 9.59 Å². The number of nitrogens with zero attached hydrogens (tertiary/aromatic N) is 2. The highest BCUT2D eigenvalue weighted by Crippen LogP contribution is 2.33. The molecule has 1 aliphatic heterocycles. The molecule has 1 atom stereocenters. The Labute approximate surface area is 136 Å². The van der Waals surface area contributed by atoms with Gasteiger partial charge in [-0.15, -0.1) is 11.3 Å². The van der Waals surface area contributed by atoms with Crippen LogP contribution in [0.3, 0.4) is 0 Å². The van der Waals surface area contributed by atoms with Gasteiger partial charge in [-0.2, -0.15) is 0 Å². The molecule has 114 valence electrons. The zero-order valence-corrected chi connectivity index (χ0v) is 13.4. The maximum atomic E-state index is 12.7. The fourth-order valence-electron chi connectivity index (χ4n) is 2.46. The highest BCUT2D eigenvalue weighted by atomic mass is 35.5. The van der Waals surface area contributed by atoms with E-state index in [0.29, 0.717) is 23.7 Å². The molecule has 22 heavy (non-hydrogen) atoms. The molecular weight excluding hydrogens is 322 g/mol. The van der Waals surface area contributed by atoms with E-state index in [1.165, 1.54) is 16.2 Å². The fourth-order valence-corrected chi connectivity index (χ4v) is 3.56. The first-order chi connectivity index (χ1) is 10.5. The molecule has 2 aromatic rings. The van der Waals surface area contributed by atoms with E-state index in [0.717, 1.165) is 15.4 Å². The van der Waals surface area contributed by atoms with E-state index in [1.54, 1.807) is 12.1 Å². The van der Waals surface area contributed by atoms with Crippen LogP contribution >= 0.6 is 22.9 Å². The van der Waals surface area contributed by atoms with Crippen molar-refractivity contribution in [1.29, 1.82) is 0 Å². The number of nitrogens with two attached hydrogens (primary N) is 1. The standard InChI is InChI=1S/C15H14ClN3O2S/c1-8-18-12(15(21)19-6-5-11(19)14(17)20)13(22-8)9-3-2-4-10(16)7-9/h2-4,7,11H,5-6H2,1H3,(H2,17,20). The summed E-state index contributed by atoms with van der Waals surface area (Å²) in [5, 5.41) is 1.38. The first-order valence-corrected chi connectivity index (χ1v) is 8.00. The van der Waals surface area contributed by atoms with Gasteiger partial charge in [0.2, 0.25) is 5.91 Å². The minimum atomic E-state index is -0.526. The zero-order chi connectivity index (χ0) is 15.9. The Hall–Kier alpha value is -1.92. The molecule has 0 saturated carbocycles. The van der Waals surface area contributed by atoms with Crippen LogP contribution in [-0.4, -0.2) is 34.3 Å². The van der Waals surface area contributed by atoms with E-state index >= 15 is 0 Å². The van der Waals surface area contributed by atoms with E-state index < -0.39 is 11.9 Å². The molecule has 1 aromatic heterocycles. The van der Waals surface area contributed by atoms with E-state index in [9.17, 15) is 9.59 Å². The predicted molar refractivity (Wildman–Crippen MR) is 85.9 cm³/mol. The lowest BCUT2D eigenvalue weighted by molar-refractivity contribution is -0.125. The van der Waals surface area contributed by atoms with Gasteiger partial charge in [0, 0.05) is 11.6 Å². The van der Waals surface area contributed by atoms with E-state index in [1.807, 2.05) is 19.1 Å². The number of amides is 2. The fraction of sp³-hybridized carbons (Fsp3) is 0.267. The summed E-state index contributed by atoms with van der Waals surface area (Å²) in [5.41, 5.74) is 6.51. The Kier molecular flexibility index (Phi) is 3.88. The lowest BCUT2D eigenvalue weighted by Crippen LogP contribution is -2.57. The number of hydrogen-bond donors (Lipinski definition) is 1. The summed E-state index contributed by atoms with van der Waals surface area (Å²) >= 11 is 7.46. The highest BCUT2D eigenvalue weighted by molar-refractivity contribution is 7.15. The SMILES string of the molecule is Cc1nc(C(=O)N2CCC2C(N)=O)c(-c2cccc(Cl)c2)s1. The van der Waals surface area contributed by atoms with Crippen molar-refractivity contribution in [2.45, 2.75) is 19.4 Å². The molecule has 1 aromatic carbocycles. The number of thiazole rings is 1. The average Bonchev–Trinajstić information content (AvgIpc) is 2.79.